The molecule has 8 nitrogen and oxygen atoms in total. The van der Waals surface area contributed by atoms with Crippen LogP contribution in [0.5, 0.6) is 5.75 Å². The van der Waals surface area contributed by atoms with Crippen molar-refractivity contribution in [1.82, 2.24) is 10.2 Å². The Kier molecular flexibility index (Phi) is 11.0. The number of para-hydroxylation sites is 2. The molecule has 2 amide bonds. The monoisotopic (exact) mass is 585 g/mol. The van der Waals surface area contributed by atoms with Gasteiger partial charge in [-0.2, -0.15) is 0 Å². The highest BCUT2D eigenvalue weighted by atomic mass is 35.5. The number of nitrogens with one attached hydrogen (secondary N) is 1. The van der Waals surface area contributed by atoms with Gasteiger partial charge in [-0.15, -0.1) is 0 Å². The lowest BCUT2D eigenvalue weighted by Crippen LogP contribution is -2.53. The molecule has 1 atom stereocenters. The maximum absolute atomic E-state index is 14.0. The summed E-state index contributed by atoms with van der Waals surface area (Å²) in [5, 5.41) is 3.23. The van der Waals surface area contributed by atoms with E-state index in [0.717, 1.165) is 9.87 Å². The molecular formula is C30H36ClN3O5S. The molecule has 0 spiro atoms. The van der Waals surface area contributed by atoms with Crippen molar-refractivity contribution in [1.29, 1.82) is 0 Å². The highest BCUT2D eigenvalue weighted by Crippen LogP contribution is 2.33. The van der Waals surface area contributed by atoms with Gasteiger partial charge in [-0.25, -0.2) is 8.42 Å². The third-order valence-corrected chi connectivity index (χ3v) is 8.22. The molecule has 0 saturated heterocycles. The average Bonchev–Trinajstić information content (AvgIpc) is 2.92. The van der Waals surface area contributed by atoms with Gasteiger partial charge in [0.2, 0.25) is 11.8 Å². The Bertz CT molecular complexity index is 1380. The molecule has 1 N–H and O–H groups in total. The lowest BCUT2D eigenvalue weighted by Gasteiger charge is -2.32. The molecule has 0 fully saturated rings. The summed E-state index contributed by atoms with van der Waals surface area (Å²) in [6.07, 6.45) is 0.491. The first-order chi connectivity index (χ1) is 19.0. The molecular weight excluding hydrogens is 550 g/mol. The van der Waals surface area contributed by atoms with Crippen molar-refractivity contribution in [3.05, 3.63) is 89.4 Å². The Morgan fingerprint density at radius 3 is 2.17 bits per heavy atom. The van der Waals surface area contributed by atoms with E-state index in [0.29, 0.717) is 23.8 Å². The fourth-order valence-corrected chi connectivity index (χ4v) is 5.71. The summed E-state index contributed by atoms with van der Waals surface area (Å²) in [5.74, 6) is -0.527. The number of halogens is 1. The molecule has 3 rings (SSSR count). The van der Waals surface area contributed by atoms with Crippen LogP contribution in [0.25, 0.3) is 0 Å². The van der Waals surface area contributed by atoms with Gasteiger partial charge in [-0.05, 0) is 76.1 Å². The van der Waals surface area contributed by atoms with E-state index in [2.05, 4.69) is 5.32 Å². The predicted molar refractivity (Wildman–Crippen MR) is 158 cm³/mol. The average molecular weight is 586 g/mol. The van der Waals surface area contributed by atoms with Crippen molar-refractivity contribution < 1.29 is 22.7 Å². The Balaban J connectivity index is 2.03. The highest BCUT2D eigenvalue weighted by Gasteiger charge is 2.33. The van der Waals surface area contributed by atoms with Crippen LogP contribution in [0.1, 0.15) is 33.3 Å². The van der Waals surface area contributed by atoms with E-state index in [1.54, 1.807) is 38.1 Å². The number of ether oxygens (including phenoxy) is 1. The van der Waals surface area contributed by atoms with Crippen molar-refractivity contribution in [3.8, 4) is 5.75 Å². The van der Waals surface area contributed by atoms with Crippen molar-refractivity contribution >= 4 is 39.1 Å². The number of carbonyl (C=O) groups is 2. The van der Waals surface area contributed by atoms with Crippen LogP contribution >= 0.6 is 11.6 Å². The van der Waals surface area contributed by atoms with Gasteiger partial charge in [-0.1, -0.05) is 54.1 Å². The highest BCUT2D eigenvalue weighted by molar-refractivity contribution is 7.92. The van der Waals surface area contributed by atoms with Crippen LogP contribution in [0.3, 0.4) is 0 Å². The van der Waals surface area contributed by atoms with Crippen LogP contribution in [0.2, 0.25) is 5.02 Å². The van der Waals surface area contributed by atoms with Gasteiger partial charge in [0.15, 0.2) is 0 Å². The summed E-state index contributed by atoms with van der Waals surface area (Å²) in [6.45, 7) is 7.10. The zero-order chi connectivity index (χ0) is 29.3. The number of nitrogens with zero attached hydrogens (tertiary/aromatic N) is 2. The quantitative estimate of drug-likeness (QED) is 0.307. The molecule has 40 heavy (non-hydrogen) atoms. The Hall–Kier alpha value is -3.56. The minimum Gasteiger partial charge on any atom is -0.492 e. The molecule has 1 unspecified atom stereocenters. The third kappa shape index (κ3) is 7.99. The first-order valence-electron chi connectivity index (χ1n) is 13.2. The second kappa shape index (κ2) is 14.2. The number of anilines is 1. The number of hydrogen-bond donors (Lipinski definition) is 1. The number of benzene rings is 3. The first-order valence-corrected chi connectivity index (χ1v) is 15.0. The minimum atomic E-state index is -4.23. The number of hydrogen-bond acceptors (Lipinski definition) is 5. The molecule has 0 saturated carbocycles. The molecule has 10 heteroatoms. The molecule has 0 aliphatic rings. The summed E-state index contributed by atoms with van der Waals surface area (Å²) in [6, 6.07) is 21.0. The lowest BCUT2D eigenvalue weighted by atomic mass is 10.1. The van der Waals surface area contributed by atoms with Gasteiger partial charge in [0.25, 0.3) is 10.0 Å². The van der Waals surface area contributed by atoms with E-state index in [1.165, 1.54) is 29.2 Å². The summed E-state index contributed by atoms with van der Waals surface area (Å²) in [5.41, 5.74) is 1.21. The maximum Gasteiger partial charge on any atom is 0.264 e. The van der Waals surface area contributed by atoms with E-state index in [9.17, 15) is 18.0 Å². The van der Waals surface area contributed by atoms with Gasteiger partial charge in [0, 0.05) is 17.6 Å². The normalized spacial score (nSPS) is 12.1. The zero-order valence-corrected chi connectivity index (χ0v) is 24.8. The largest absolute Gasteiger partial charge is 0.492 e. The van der Waals surface area contributed by atoms with Crippen LogP contribution in [-0.4, -0.2) is 56.9 Å². The zero-order valence-electron chi connectivity index (χ0n) is 23.2. The van der Waals surface area contributed by atoms with Crippen LogP contribution in [0.15, 0.2) is 83.8 Å². The first kappa shape index (κ1) is 31.0. The van der Waals surface area contributed by atoms with E-state index < -0.39 is 28.5 Å². The lowest BCUT2D eigenvalue weighted by molar-refractivity contribution is -0.139. The van der Waals surface area contributed by atoms with E-state index in [1.807, 2.05) is 44.2 Å². The predicted octanol–water partition coefficient (Wildman–Crippen LogP) is 4.92. The van der Waals surface area contributed by atoms with Crippen molar-refractivity contribution in [2.24, 2.45) is 0 Å². The summed E-state index contributed by atoms with van der Waals surface area (Å²) < 4.78 is 34.7. The molecule has 214 valence electrons. The second-order valence-corrected chi connectivity index (χ2v) is 11.8. The Morgan fingerprint density at radius 2 is 1.55 bits per heavy atom. The fourth-order valence-electron chi connectivity index (χ4n) is 4.16. The minimum absolute atomic E-state index is 0.0302. The molecule has 0 aromatic heterocycles. The topological polar surface area (TPSA) is 96.0 Å². The molecule has 0 heterocycles. The molecule has 3 aromatic carbocycles. The van der Waals surface area contributed by atoms with Crippen LogP contribution in [-0.2, 0) is 26.0 Å². The van der Waals surface area contributed by atoms with Gasteiger partial charge >= 0.3 is 0 Å². The van der Waals surface area contributed by atoms with Gasteiger partial charge in [0.05, 0.1) is 17.2 Å². The molecule has 3 aromatic rings. The van der Waals surface area contributed by atoms with E-state index in [-0.39, 0.29) is 29.1 Å². The summed E-state index contributed by atoms with van der Waals surface area (Å²) in [7, 11) is -4.23. The van der Waals surface area contributed by atoms with E-state index >= 15 is 0 Å². The molecule has 0 bridgehead atoms. The van der Waals surface area contributed by atoms with Crippen LogP contribution in [0.4, 0.5) is 5.69 Å². The second-order valence-electron chi connectivity index (χ2n) is 9.53. The van der Waals surface area contributed by atoms with Crippen molar-refractivity contribution in [2.45, 2.75) is 51.1 Å². The van der Waals surface area contributed by atoms with Crippen LogP contribution in [0, 0.1) is 0 Å². The van der Waals surface area contributed by atoms with Crippen molar-refractivity contribution in [2.75, 3.05) is 24.0 Å². The maximum atomic E-state index is 14.0. The van der Waals surface area contributed by atoms with Crippen LogP contribution < -0.4 is 14.4 Å². The molecule has 0 aliphatic carbocycles. The van der Waals surface area contributed by atoms with Crippen molar-refractivity contribution in [3.63, 3.8) is 0 Å². The van der Waals surface area contributed by atoms with E-state index in [4.69, 9.17) is 16.3 Å². The Labute approximate surface area is 241 Å². The fraction of sp³-hybridized carbons (Fsp3) is 0.333. The summed E-state index contributed by atoms with van der Waals surface area (Å²) in [4.78, 5) is 28.3. The molecule has 0 radical (unpaired) electrons. The number of carbonyl (C=O) groups excluding carboxylic acids is 2. The van der Waals surface area contributed by atoms with Gasteiger partial charge < -0.3 is 15.0 Å². The molecule has 0 aliphatic heterocycles. The number of sulfonamides is 1. The standard InChI is InChI=1S/C30H36ClN3O5S/c1-5-39-28-14-10-9-13-27(28)34(40(37,38)26-17-15-25(31)16-18-26)21-29(35)33(23(4)30(36)32-22(2)3)20-19-24-11-7-6-8-12-24/h6-18,22-23H,5,19-21H2,1-4H3,(H,32,36). The van der Waals surface area contributed by atoms with Gasteiger partial charge in [-0.3, -0.25) is 13.9 Å². The number of rotatable bonds is 13. The summed E-state index contributed by atoms with van der Waals surface area (Å²) >= 11 is 6.01. The third-order valence-electron chi connectivity index (χ3n) is 6.20. The van der Waals surface area contributed by atoms with Gasteiger partial charge in [0.1, 0.15) is 18.3 Å². The number of amides is 2. The smallest absolute Gasteiger partial charge is 0.264 e. The SMILES string of the molecule is CCOc1ccccc1N(CC(=O)N(CCc1ccccc1)C(C)C(=O)NC(C)C)S(=O)(=O)c1ccc(Cl)cc1. The Morgan fingerprint density at radius 1 is 0.925 bits per heavy atom.